The first kappa shape index (κ1) is 16.3. The Labute approximate surface area is 139 Å². The zero-order valence-electron chi connectivity index (χ0n) is 13.4. The molecule has 1 atom stereocenters. The molecule has 0 aliphatic carbocycles. The van der Waals surface area contributed by atoms with Gasteiger partial charge in [0.15, 0.2) is 11.6 Å². The Morgan fingerprint density at radius 3 is 2.67 bits per heavy atom. The Kier molecular flexibility index (Phi) is 4.69. The van der Waals surface area contributed by atoms with E-state index in [1.54, 1.807) is 19.1 Å². The summed E-state index contributed by atoms with van der Waals surface area (Å²) in [6.45, 7) is 2.42. The maximum atomic E-state index is 14.1. The van der Waals surface area contributed by atoms with Crippen molar-refractivity contribution in [3.8, 4) is 5.75 Å². The summed E-state index contributed by atoms with van der Waals surface area (Å²) in [4.78, 5) is 8.87. The normalized spacial score (nSPS) is 12.3. The van der Waals surface area contributed by atoms with Crippen LogP contribution in [0.1, 0.15) is 30.0 Å². The van der Waals surface area contributed by atoms with Gasteiger partial charge in [-0.2, -0.15) is 0 Å². The molecule has 2 aromatic carbocycles. The molecule has 4 N–H and O–H groups in total. The summed E-state index contributed by atoms with van der Waals surface area (Å²) in [7, 11) is 0. The third-order valence-corrected chi connectivity index (χ3v) is 3.77. The highest BCUT2D eigenvalue weighted by molar-refractivity contribution is 5.81. The Bertz CT molecular complexity index is 869. The van der Waals surface area contributed by atoms with Crippen LogP contribution in [0.3, 0.4) is 0 Å². The molecule has 3 aromatic rings. The van der Waals surface area contributed by atoms with Gasteiger partial charge in [-0.25, -0.2) is 14.4 Å². The fraction of sp³-hybridized carbons (Fsp3) is 0.222. The molecule has 0 radical (unpaired) electrons. The highest BCUT2D eigenvalue weighted by Gasteiger charge is 2.17. The molecule has 0 fully saturated rings. The molecule has 0 aliphatic rings. The van der Waals surface area contributed by atoms with E-state index in [-0.39, 0.29) is 12.3 Å². The van der Waals surface area contributed by atoms with E-state index in [9.17, 15) is 4.39 Å². The lowest BCUT2D eigenvalue weighted by atomic mass is 10.0. The second kappa shape index (κ2) is 6.90. The highest BCUT2D eigenvalue weighted by atomic mass is 19.1. The predicted molar refractivity (Wildman–Crippen MR) is 91.0 cm³/mol. The number of fused-ring (bicyclic) bond motifs is 1. The summed E-state index contributed by atoms with van der Waals surface area (Å²) < 4.78 is 19.4. The molecule has 0 saturated heterocycles. The first-order valence-electron chi connectivity index (χ1n) is 7.77. The van der Waals surface area contributed by atoms with Crippen molar-refractivity contribution in [3.63, 3.8) is 0 Å². The van der Waals surface area contributed by atoms with Gasteiger partial charge in [0.2, 0.25) is 0 Å². The van der Waals surface area contributed by atoms with Crippen molar-refractivity contribution >= 4 is 10.9 Å². The number of nitrogens with zero attached hydrogens (tertiary/aromatic N) is 2. The first-order valence-corrected chi connectivity index (χ1v) is 7.77. The van der Waals surface area contributed by atoms with Gasteiger partial charge < -0.3 is 16.2 Å². The van der Waals surface area contributed by atoms with E-state index in [1.807, 2.05) is 24.3 Å². The molecule has 1 unspecified atom stereocenters. The largest absolute Gasteiger partial charge is 0.491 e. The van der Waals surface area contributed by atoms with Crippen molar-refractivity contribution < 1.29 is 9.13 Å². The van der Waals surface area contributed by atoms with Crippen molar-refractivity contribution in [2.45, 2.75) is 19.5 Å². The van der Waals surface area contributed by atoms with Gasteiger partial charge in [0.25, 0.3) is 0 Å². The van der Waals surface area contributed by atoms with Gasteiger partial charge >= 0.3 is 0 Å². The smallest absolute Gasteiger partial charge is 0.165 e. The van der Waals surface area contributed by atoms with Crippen LogP contribution in [0.5, 0.6) is 5.75 Å². The molecule has 6 heteroatoms. The van der Waals surface area contributed by atoms with E-state index in [1.165, 1.54) is 6.07 Å². The van der Waals surface area contributed by atoms with Crippen LogP contribution in [-0.4, -0.2) is 16.6 Å². The Balaban J connectivity index is 2.08. The summed E-state index contributed by atoms with van der Waals surface area (Å²) in [6, 6.07) is 11.7. The molecule has 5 nitrogen and oxygen atoms in total. The average molecular weight is 326 g/mol. The molecule has 124 valence electrons. The van der Waals surface area contributed by atoms with E-state index in [2.05, 4.69) is 9.97 Å². The summed E-state index contributed by atoms with van der Waals surface area (Å²) in [5.74, 6) is 0.274. The van der Waals surface area contributed by atoms with E-state index in [0.29, 0.717) is 23.7 Å². The second-order valence-electron chi connectivity index (χ2n) is 5.35. The number of benzene rings is 2. The van der Waals surface area contributed by atoms with E-state index >= 15 is 0 Å². The number of nitrogens with two attached hydrogens (primary N) is 2. The zero-order chi connectivity index (χ0) is 17.1. The molecular weight excluding hydrogens is 307 g/mol. The Morgan fingerprint density at radius 2 is 1.96 bits per heavy atom. The fourth-order valence-electron chi connectivity index (χ4n) is 2.62. The summed E-state index contributed by atoms with van der Waals surface area (Å²) >= 11 is 0. The summed E-state index contributed by atoms with van der Waals surface area (Å²) in [5.41, 5.74) is 14.1. The molecule has 24 heavy (non-hydrogen) atoms. The molecule has 0 saturated carbocycles. The van der Waals surface area contributed by atoms with Crippen LogP contribution in [0.2, 0.25) is 0 Å². The van der Waals surface area contributed by atoms with Crippen molar-refractivity contribution in [3.05, 3.63) is 65.4 Å². The number of hydrogen-bond donors (Lipinski definition) is 2. The van der Waals surface area contributed by atoms with E-state index in [4.69, 9.17) is 16.2 Å². The Hall–Kier alpha value is -2.57. The van der Waals surface area contributed by atoms with Crippen LogP contribution in [0, 0.1) is 5.82 Å². The predicted octanol–water partition coefficient (Wildman–Crippen LogP) is 2.67. The third-order valence-electron chi connectivity index (χ3n) is 3.77. The molecule has 3 rings (SSSR count). The zero-order valence-corrected chi connectivity index (χ0v) is 13.4. The second-order valence-corrected chi connectivity index (χ2v) is 5.35. The summed E-state index contributed by atoms with van der Waals surface area (Å²) in [5, 5.41) is 0.830. The molecular formula is C18H19FN4O. The Morgan fingerprint density at radius 1 is 1.17 bits per heavy atom. The lowest BCUT2D eigenvalue weighted by Crippen LogP contribution is -2.17. The van der Waals surface area contributed by atoms with Crippen molar-refractivity contribution in [2.24, 2.45) is 11.5 Å². The van der Waals surface area contributed by atoms with Gasteiger partial charge in [-0.05, 0) is 30.7 Å². The number of hydrogen-bond acceptors (Lipinski definition) is 5. The molecule has 0 aliphatic heterocycles. The van der Waals surface area contributed by atoms with E-state index < -0.39 is 11.9 Å². The van der Waals surface area contributed by atoms with Gasteiger partial charge in [-0.15, -0.1) is 0 Å². The molecule has 1 aromatic heterocycles. The number of halogens is 1. The SMILES string of the molecule is CCOc1ccc(C(N)c2nc(CN)nc3ccccc23)cc1F. The van der Waals surface area contributed by atoms with Gasteiger partial charge in [0.05, 0.1) is 30.4 Å². The van der Waals surface area contributed by atoms with Gasteiger partial charge in [-0.1, -0.05) is 24.3 Å². The van der Waals surface area contributed by atoms with Crippen molar-refractivity contribution in [1.82, 2.24) is 9.97 Å². The van der Waals surface area contributed by atoms with Crippen molar-refractivity contribution in [2.75, 3.05) is 6.61 Å². The van der Waals surface area contributed by atoms with Crippen LogP contribution >= 0.6 is 0 Å². The van der Waals surface area contributed by atoms with Gasteiger partial charge in [0, 0.05) is 5.39 Å². The monoisotopic (exact) mass is 326 g/mol. The maximum absolute atomic E-state index is 14.1. The number of rotatable bonds is 5. The minimum atomic E-state index is -0.589. The quantitative estimate of drug-likeness (QED) is 0.753. The number of aromatic nitrogens is 2. The highest BCUT2D eigenvalue weighted by Crippen LogP contribution is 2.28. The molecule has 0 spiro atoms. The molecule has 0 amide bonds. The van der Waals surface area contributed by atoms with Gasteiger partial charge in [0.1, 0.15) is 5.82 Å². The van der Waals surface area contributed by atoms with Crippen LogP contribution in [0.25, 0.3) is 10.9 Å². The standard InChI is InChI=1S/C18H19FN4O/c1-2-24-15-8-7-11(9-13(15)19)17(21)18-12-5-3-4-6-14(12)22-16(10-20)23-18/h3-9,17H,2,10,20-21H2,1H3. The first-order chi connectivity index (χ1) is 11.6. The van der Waals surface area contributed by atoms with Crippen LogP contribution < -0.4 is 16.2 Å². The lowest BCUT2D eigenvalue weighted by Gasteiger charge is -2.16. The third kappa shape index (κ3) is 3.06. The maximum Gasteiger partial charge on any atom is 0.165 e. The van der Waals surface area contributed by atoms with Crippen LogP contribution in [0.15, 0.2) is 42.5 Å². The average Bonchev–Trinajstić information content (AvgIpc) is 2.62. The van der Waals surface area contributed by atoms with Crippen LogP contribution in [0.4, 0.5) is 4.39 Å². The minimum absolute atomic E-state index is 0.211. The van der Waals surface area contributed by atoms with E-state index in [0.717, 1.165) is 10.9 Å². The number of para-hydroxylation sites is 1. The minimum Gasteiger partial charge on any atom is -0.491 e. The van der Waals surface area contributed by atoms with Gasteiger partial charge in [-0.3, -0.25) is 0 Å². The molecule has 0 bridgehead atoms. The van der Waals surface area contributed by atoms with Crippen molar-refractivity contribution in [1.29, 1.82) is 0 Å². The lowest BCUT2D eigenvalue weighted by molar-refractivity contribution is 0.321. The topological polar surface area (TPSA) is 87.0 Å². The number of ether oxygens (including phenoxy) is 1. The summed E-state index contributed by atoms with van der Waals surface area (Å²) in [6.07, 6.45) is 0. The van der Waals surface area contributed by atoms with Crippen LogP contribution in [-0.2, 0) is 6.54 Å². The molecule has 1 heterocycles. The fourth-order valence-corrected chi connectivity index (χ4v) is 2.62.